The van der Waals surface area contributed by atoms with Gasteiger partial charge in [-0.05, 0) is 54.4 Å². The molecule has 0 spiro atoms. The van der Waals surface area contributed by atoms with Crippen molar-refractivity contribution in [3.8, 4) is 0 Å². The molecule has 0 atom stereocenters. The first-order valence-corrected chi connectivity index (χ1v) is 7.97. The monoisotopic (exact) mass is 308 g/mol. The summed E-state index contributed by atoms with van der Waals surface area (Å²) in [6, 6.07) is 11.5. The van der Waals surface area contributed by atoms with Crippen LogP contribution in [0.3, 0.4) is 0 Å². The number of halogens is 1. The van der Waals surface area contributed by atoms with Crippen molar-refractivity contribution in [1.29, 1.82) is 0 Å². The Morgan fingerprint density at radius 3 is 2.50 bits per heavy atom. The molecule has 0 saturated heterocycles. The van der Waals surface area contributed by atoms with Crippen LogP contribution in [0, 0.1) is 0 Å². The Kier molecular flexibility index (Phi) is 3.11. The Morgan fingerprint density at radius 1 is 1.10 bits per heavy atom. The van der Waals surface area contributed by atoms with E-state index in [2.05, 4.69) is 0 Å². The largest absolute Gasteiger partial charge is 0.399 e. The number of fused-ring (bicyclic) bond motifs is 1. The van der Waals surface area contributed by atoms with Crippen LogP contribution < -0.4 is 10.0 Å². The van der Waals surface area contributed by atoms with Crippen LogP contribution in [-0.4, -0.2) is 15.0 Å². The minimum Gasteiger partial charge on any atom is -0.399 e. The minimum absolute atomic E-state index is 0.242. The molecule has 2 aromatic rings. The summed E-state index contributed by atoms with van der Waals surface area (Å²) < 4.78 is 26.7. The third-order valence-corrected chi connectivity index (χ3v) is 5.44. The fourth-order valence-electron chi connectivity index (χ4n) is 2.37. The highest BCUT2D eigenvalue weighted by Crippen LogP contribution is 2.34. The number of rotatable bonds is 2. The molecule has 0 amide bonds. The summed E-state index contributed by atoms with van der Waals surface area (Å²) in [5, 5.41) is 0.513. The van der Waals surface area contributed by atoms with Gasteiger partial charge in [-0.15, -0.1) is 0 Å². The van der Waals surface area contributed by atoms with Crippen molar-refractivity contribution in [2.75, 3.05) is 16.6 Å². The quantitative estimate of drug-likeness (QED) is 0.868. The van der Waals surface area contributed by atoms with E-state index in [1.807, 2.05) is 6.07 Å². The molecule has 104 valence electrons. The molecule has 0 saturated carbocycles. The lowest BCUT2D eigenvalue weighted by Crippen LogP contribution is -2.29. The zero-order valence-corrected chi connectivity index (χ0v) is 12.2. The van der Waals surface area contributed by atoms with Gasteiger partial charge in [0, 0.05) is 17.3 Å². The maximum Gasteiger partial charge on any atom is 0.264 e. The van der Waals surface area contributed by atoms with Gasteiger partial charge in [0.25, 0.3) is 10.0 Å². The van der Waals surface area contributed by atoms with E-state index in [4.69, 9.17) is 17.3 Å². The van der Waals surface area contributed by atoms with Crippen molar-refractivity contribution < 1.29 is 8.42 Å². The van der Waals surface area contributed by atoms with Gasteiger partial charge in [-0.3, -0.25) is 4.31 Å². The molecule has 6 heteroatoms. The zero-order chi connectivity index (χ0) is 14.3. The molecule has 0 aromatic heterocycles. The summed E-state index contributed by atoms with van der Waals surface area (Å²) in [7, 11) is -3.55. The van der Waals surface area contributed by atoms with E-state index in [1.54, 1.807) is 24.3 Å². The van der Waals surface area contributed by atoms with Gasteiger partial charge in [0.1, 0.15) is 0 Å². The fraction of sp³-hybridized carbons (Fsp3) is 0.143. The second-order valence-electron chi connectivity index (χ2n) is 4.67. The molecular weight excluding hydrogens is 296 g/mol. The highest BCUT2D eigenvalue weighted by molar-refractivity contribution is 7.92. The Balaban J connectivity index is 2.05. The van der Waals surface area contributed by atoms with Crippen molar-refractivity contribution >= 4 is 33.0 Å². The Hall–Kier alpha value is -1.72. The van der Waals surface area contributed by atoms with E-state index in [-0.39, 0.29) is 4.90 Å². The third kappa shape index (κ3) is 2.13. The third-order valence-electron chi connectivity index (χ3n) is 3.36. The van der Waals surface area contributed by atoms with Gasteiger partial charge in [-0.2, -0.15) is 0 Å². The van der Waals surface area contributed by atoms with Gasteiger partial charge in [-0.25, -0.2) is 8.42 Å². The van der Waals surface area contributed by atoms with E-state index < -0.39 is 10.0 Å². The predicted molar refractivity (Wildman–Crippen MR) is 80.5 cm³/mol. The molecule has 1 aliphatic rings. The summed E-state index contributed by atoms with van der Waals surface area (Å²) in [6.45, 7) is 0.434. The minimum atomic E-state index is -3.55. The van der Waals surface area contributed by atoms with E-state index in [1.165, 1.54) is 16.4 Å². The van der Waals surface area contributed by atoms with Crippen molar-refractivity contribution in [1.82, 2.24) is 0 Å². The van der Waals surface area contributed by atoms with Gasteiger partial charge < -0.3 is 5.73 Å². The Labute approximate surface area is 122 Å². The van der Waals surface area contributed by atoms with Crippen molar-refractivity contribution in [3.63, 3.8) is 0 Å². The van der Waals surface area contributed by atoms with E-state index in [0.29, 0.717) is 29.4 Å². The molecule has 0 unspecified atom stereocenters. The maximum atomic E-state index is 12.6. The molecule has 0 radical (unpaired) electrons. The van der Waals surface area contributed by atoms with Crippen LogP contribution in [-0.2, 0) is 16.4 Å². The van der Waals surface area contributed by atoms with Gasteiger partial charge in [0.2, 0.25) is 0 Å². The van der Waals surface area contributed by atoms with Crippen LogP contribution in [0.2, 0.25) is 5.02 Å². The summed E-state index contributed by atoms with van der Waals surface area (Å²) in [6.07, 6.45) is 0.674. The molecule has 1 aliphatic heterocycles. The highest BCUT2D eigenvalue weighted by Gasteiger charge is 2.30. The van der Waals surface area contributed by atoms with Crippen molar-refractivity contribution in [2.45, 2.75) is 11.3 Å². The second kappa shape index (κ2) is 4.68. The molecular formula is C14H13ClN2O2S. The second-order valence-corrected chi connectivity index (χ2v) is 6.97. The molecule has 3 rings (SSSR count). The number of sulfonamides is 1. The molecule has 0 bridgehead atoms. The fourth-order valence-corrected chi connectivity index (χ4v) is 4.00. The van der Waals surface area contributed by atoms with Crippen LogP contribution in [0.5, 0.6) is 0 Å². The molecule has 0 aliphatic carbocycles. The normalized spacial score (nSPS) is 14.3. The van der Waals surface area contributed by atoms with Crippen LogP contribution in [0.1, 0.15) is 5.56 Å². The van der Waals surface area contributed by atoms with Crippen LogP contribution in [0.15, 0.2) is 47.4 Å². The number of hydrogen-bond acceptors (Lipinski definition) is 3. The molecule has 4 nitrogen and oxygen atoms in total. The van der Waals surface area contributed by atoms with E-state index in [9.17, 15) is 8.42 Å². The first-order valence-electron chi connectivity index (χ1n) is 6.15. The number of hydrogen-bond donors (Lipinski definition) is 1. The lowest BCUT2D eigenvalue weighted by Gasteiger charge is -2.19. The van der Waals surface area contributed by atoms with Crippen molar-refractivity contribution in [3.05, 3.63) is 53.1 Å². The van der Waals surface area contributed by atoms with Crippen LogP contribution in [0.25, 0.3) is 0 Å². The molecule has 0 fully saturated rings. The lowest BCUT2D eigenvalue weighted by atomic mass is 10.1. The number of nitrogens with zero attached hydrogens (tertiary/aromatic N) is 1. The van der Waals surface area contributed by atoms with E-state index in [0.717, 1.165) is 5.56 Å². The average molecular weight is 309 g/mol. The predicted octanol–water partition coefficient (Wildman–Crippen LogP) is 2.67. The van der Waals surface area contributed by atoms with Crippen LogP contribution >= 0.6 is 11.6 Å². The summed E-state index contributed by atoms with van der Waals surface area (Å²) in [5.41, 5.74) is 8.04. The first-order chi connectivity index (χ1) is 9.48. The van der Waals surface area contributed by atoms with Gasteiger partial charge in [-0.1, -0.05) is 11.6 Å². The van der Waals surface area contributed by atoms with E-state index >= 15 is 0 Å². The number of nitrogens with two attached hydrogens (primary N) is 1. The molecule has 2 N–H and O–H groups in total. The SMILES string of the molecule is Nc1ccc2c(c1)CCN2S(=O)(=O)c1ccc(Cl)cc1. The average Bonchev–Trinajstić information content (AvgIpc) is 2.82. The smallest absolute Gasteiger partial charge is 0.264 e. The summed E-state index contributed by atoms with van der Waals surface area (Å²) >= 11 is 5.80. The topological polar surface area (TPSA) is 63.4 Å². The Morgan fingerprint density at radius 2 is 1.80 bits per heavy atom. The Bertz CT molecular complexity index is 757. The maximum absolute atomic E-state index is 12.6. The van der Waals surface area contributed by atoms with Gasteiger partial charge >= 0.3 is 0 Å². The zero-order valence-electron chi connectivity index (χ0n) is 10.6. The lowest BCUT2D eigenvalue weighted by molar-refractivity contribution is 0.592. The van der Waals surface area contributed by atoms with Crippen LogP contribution in [0.4, 0.5) is 11.4 Å². The first kappa shape index (κ1) is 13.3. The summed E-state index contributed by atoms with van der Waals surface area (Å²) in [4.78, 5) is 0.242. The molecule has 2 aromatic carbocycles. The van der Waals surface area contributed by atoms with Crippen molar-refractivity contribution in [2.24, 2.45) is 0 Å². The highest BCUT2D eigenvalue weighted by atomic mass is 35.5. The summed E-state index contributed by atoms with van der Waals surface area (Å²) in [5.74, 6) is 0. The standard InChI is InChI=1S/C14H13ClN2O2S/c15-11-1-4-13(5-2-11)20(18,19)17-8-7-10-9-12(16)3-6-14(10)17/h1-6,9H,7-8,16H2. The van der Waals surface area contributed by atoms with Gasteiger partial charge in [0.15, 0.2) is 0 Å². The molecule has 1 heterocycles. The molecule has 20 heavy (non-hydrogen) atoms. The number of nitrogen functional groups attached to an aromatic ring is 1. The number of benzene rings is 2. The number of anilines is 2. The van der Waals surface area contributed by atoms with Gasteiger partial charge in [0.05, 0.1) is 10.6 Å².